The maximum atomic E-state index is 12.4. The molecule has 0 bridgehead atoms. The van der Waals surface area contributed by atoms with E-state index >= 15 is 0 Å². The molecule has 3 nitrogen and oxygen atoms in total. The zero-order valence-electron chi connectivity index (χ0n) is 12.7. The van der Waals surface area contributed by atoms with Gasteiger partial charge in [-0.1, -0.05) is 45.4 Å². The third-order valence-corrected chi connectivity index (χ3v) is 4.18. The summed E-state index contributed by atoms with van der Waals surface area (Å²) in [5.74, 6) is 0.372. The highest BCUT2D eigenvalue weighted by molar-refractivity contribution is 5.76. The third-order valence-electron chi connectivity index (χ3n) is 4.18. The molecular formula is C16H32N2O. The van der Waals surface area contributed by atoms with Gasteiger partial charge in [-0.05, 0) is 32.2 Å². The summed E-state index contributed by atoms with van der Waals surface area (Å²) in [4.78, 5) is 14.5. The van der Waals surface area contributed by atoms with Gasteiger partial charge in [0.05, 0.1) is 0 Å². The summed E-state index contributed by atoms with van der Waals surface area (Å²) in [6.45, 7) is 3.78. The van der Waals surface area contributed by atoms with Crippen LogP contribution in [0.3, 0.4) is 0 Å². The zero-order chi connectivity index (χ0) is 13.9. The lowest BCUT2D eigenvalue weighted by Gasteiger charge is -2.29. The normalized spacial score (nSPS) is 15.9. The van der Waals surface area contributed by atoms with Crippen molar-refractivity contribution in [3.8, 4) is 0 Å². The predicted molar refractivity (Wildman–Crippen MR) is 81.0 cm³/mol. The molecule has 1 rings (SSSR count). The van der Waals surface area contributed by atoms with Crippen LogP contribution in [0.1, 0.15) is 77.6 Å². The molecular weight excluding hydrogens is 236 g/mol. The Morgan fingerprint density at radius 1 is 1.11 bits per heavy atom. The number of nitrogens with zero attached hydrogens (tertiary/aromatic N) is 1. The highest BCUT2D eigenvalue weighted by Crippen LogP contribution is 2.24. The quantitative estimate of drug-likeness (QED) is 0.617. The molecule has 0 aromatic rings. The van der Waals surface area contributed by atoms with Crippen LogP contribution >= 0.6 is 0 Å². The second-order valence-corrected chi connectivity index (χ2v) is 5.83. The fourth-order valence-electron chi connectivity index (χ4n) is 3.01. The molecule has 0 heterocycles. The van der Waals surface area contributed by atoms with E-state index in [-0.39, 0.29) is 0 Å². The van der Waals surface area contributed by atoms with Gasteiger partial charge in [0.25, 0.3) is 0 Å². The van der Waals surface area contributed by atoms with Crippen LogP contribution in [0.4, 0.5) is 0 Å². The van der Waals surface area contributed by atoms with Crippen molar-refractivity contribution in [3.63, 3.8) is 0 Å². The first kappa shape index (κ1) is 16.5. The average Bonchev–Trinajstić information content (AvgIpc) is 2.93. The van der Waals surface area contributed by atoms with Gasteiger partial charge in [-0.15, -0.1) is 0 Å². The summed E-state index contributed by atoms with van der Waals surface area (Å²) in [5.41, 5.74) is 5.59. The number of hydrogen-bond donors (Lipinski definition) is 1. The average molecular weight is 268 g/mol. The fourth-order valence-corrected chi connectivity index (χ4v) is 3.01. The number of unbranched alkanes of at least 4 members (excludes halogenated alkanes) is 4. The second-order valence-electron chi connectivity index (χ2n) is 5.83. The van der Waals surface area contributed by atoms with E-state index in [1.807, 2.05) is 0 Å². The number of carbonyl (C=O) groups is 1. The minimum Gasteiger partial charge on any atom is -0.340 e. The summed E-state index contributed by atoms with van der Waals surface area (Å²) in [6.07, 6.45) is 12.8. The molecule has 0 atom stereocenters. The van der Waals surface area contributed by atoms with Crippen molar-refractivity contribution < 1.29 is 4.79 Å². The van der Waals surface area contributed by atoms with Gasteiger partial charge in [0, 0.05) is 19.0 Å². The highest BCUT2D eigenvalue weighted by Gasteiger charge is 2.25. The third kappa shape index (κ3) is 6.42. The standard InChI is InChI=1S/C16H32N2O/c1-2-3-4-5-6-12-16(19)18(14-9-13-17)15-10-7-8-11-15/h15H,2-14,17H2,1H3. The largest absolute Gasteiger partial charge is 0.340 e. The van der Waals surface area contributed by atoms with E-state index < -0.39 is 0 Å². The van der Waals surface area contributed by atoms with Gasteiger partial charge in [0.1, 0.15) is 0 Å². The summed E-state index contributed by atoms with van der Waals surface area (Å²) in [7, 11) is 0. The lowest BCUT2D eigenvalue weighted by Crippen LogP contribution is -2.40. The first-order valence-corrected chi connectivity index (χ1v) is 8.29. The predicted octanol–water partition coefficient (Wildman–Crippen LogP) is 3.47. The maximum Gasteiger partial charge on any atom is 0.222 e. The van der Waals surface area contributed by atoms with Gasteiger partial charge in [0.15, 0.2) is 0 Å². The van der Waals surface area contributed by atoms with Gasteiger partial charge in [-0.3, -0.25) is 4.79 Å². The van der Waals surface area contributed by atoms with Crippen LogP contribution in [-0.4, -0.2) is 29.9 Å². The molecule has 1 saturated carbocycles. The summed E-state index contributed by atoms with van der Waals surface area (Å²) >= 11 is 0. The number of carbonyl (C=O) groups excluding carboxylic acids is 1. The van der Waals surface area contributed by atoms with E-state index in [9.17, 15) is 4.79 Å². The molecule has 0 aromatic heterocycles. The minimum absolute atomic E-state index is 0.372. The number of rotatable bonds is 10. The van der Waals surface area contributed by atoms with Gasteiger partial charge in [-0.25, -0.2) is 0 Å². The van der Waals surface area contributed by atoms with Crippen LogP contribution in [0.2, 0.25) is 0 Å². The Labute approximate surface area is 118 Å². The molecule has 1 amide bonds. The van der Waals surface area contributed by atoms with Crippen LogP contribution in [0.15, 0.2) is 0 Å². The first-order valence-electron chi connectivity index (χ1n) is 8.29. The molecule has 0 aromatic carbocycles. The van der Waals surface area contributed by atoms with Gasteiger partial charge in [0.2, 0.25) is 5.91 Å². The Morgan fingerprint density at radius 2 is 1.79 bits per heavy atom. The van der Waals surface area contributed by atoms with Crippen LogP contribution in [-0.2, 0) is 4.79 Å². The summed E-state index contributed by atoms with van der Waals surface area (Å²) < 4.78 is 0. The minimum atomic E-state index is 0.372. The van der Waals surface area contributed by atoms with E-state index in [0.29, 0.717) is 18.5 Å². The SMILES string of the molecule is CCCCCCCC(=O)N(CCCN)C1CCCC1. The summed E-state index contributed by atoms with van der Waals surface area (Å²) in [5, 5.41) is 0. The molecule has 0 spiro atoms. The molecule has 112 valence electrons. The van der Waals surface area contributed by atoms with Crippen molar-refractivity contribution in [2.75, 3.05) is 13.1 Å². The van der Waals surface area contributed by atoms with E-state index in [1.54, 1.807) is 0 Å². The van der Waals surface area contributed by atoms with Crippen molar-refractivity contribution in [2.45, 2.75) is 83.6 Å². The first-order chi connectivity index (χ1) is 9.29. The molecule has 0 saturated heterocycles. The Hall–Kier alpha value is -0.570. The van der Waals surface area contributed by atoms with Gasteiger partial charge < -0.3 is 10.6 Å². The molecule has 1 aliphatic rings. The second kappa shape index (κ2) is 10.2. The molecule has 0 aliphatic heterocycles. The maximum absolute atomic E-state index is 12.4. The van der Waals surface area contributed by atoms with Crippen molar-refractivity contribution in [1.82, 2.24) is 4.90 Å². The van der Waals surface area contributed by atoms with Gasteiger partial charge in [-0.2, -0.15) is 0 Å². The molecule has 19 heavy (non-hydrogen) atoms. The van der Waals surface area contributed by atoms with Crippen molar-refractivity contribution in [1.29, 1.82) is 0 Å². The highest BCUT2D eigenvalue weighted by atomic mass is 16.2. The molecule has 2 N–H and O–H groups in total. The Balaban J connectivity index is 2.29. The monoisotopic (exact) mass is 268 g/mol. The fraction of sp³-hybridized carbons (Fsp3) is 0.938. The molecule has 1 aliphatic carbocycles. The van der Waals surface area contributed by atoms with Crippen LogP contribution in [0.5, 0.6) is 0 Å². The van der Waals surface area contributed by atoms with Crippen LogP contribution < -0.4 is 5.73 Å². The van der Waals surface area contributed by atoms with E-state index in [4.69, 9.17) is 5.73 Å². The number of nitrogens with two attached hydrogens (primary N) is 1. The Morgan fingerprint density at radius 3 is 2.42 bits per heavy atom. The van der Waals surface area contributed by atoms with Crippen molar-refractivity contribution in [3.05, 3.63) is 0 Å². The van der Waals surface area contributed by atoms with E-state index in [1.165, 1.54) is 51.4 Å². The van der Waals surface area contributed by atoms with Gasteiger partial charge >= 0.3 is 0 Å². The molecule has 1 fully saturated rings. The van der Waals surface area contributed by atoms with Crippen molar-refractivity contribution >= 4 is 5.91 Å². The van der Waals surface area contributed by atoms with Crippen molar-refractivity contribution in [2.24, 2.45) is 5.73 Å². The van der Waals surface area contributed by atoms with E-state index in [0.717, 1.165) is 25.8 Å². The molecule has 3 heteroatoms. The number of hydrogen-bond acceptors (Lipinski definition) is 2. The lowest BCUT2D eigenvalue weighted by atomic mass is 10.1. The smallest absolute Gasteiger partial charge is 0.222 e. The van der Waals surface area contributed by atoms with Crippen LogP contribution in [0, 0.1) is 0 Å². The summed E-state index contributed by atoms with van der Waals surface area (Å²) in [6, 6.07) is 0.509. The Kier molecular flexibility index (Phi) is 8.89. The lowest BCUT2D eigenvalue weighted by molar-refractivity contribution is -0.133. The Bertz CT molecular complexity index is 237. The molecule has 0 unspecified atom stereocenters. The van der Waals surface area contributed by atoms with E-state index in [2.05, 4.69) is 11.8 Å². The zero-order valence-corrected chi connectivity index (χ0v) is 12.7. The topological polar surface area (TPSA) is 46.3 Å². The van der Waals surface area contributed by atoms with Crippen LogP contribution in [0.25, 0.3) is 0 Å². The molecule has 0 radical (unpaired) electrons. The number of amides is 1.